The fourth-order valence-electron chi connectivity index (χ4n) is 6.42. The van der Waals surface area contributed by atoms with E-state index in [2.05, 4.69) is 0 Å². The maximum atomic E-state index is 14.1. The van der Waals surface area contributed by atoms with E-state index in [4.69, 9.17) is 37.6 Å². The Balaban J connectivity index is 1.39. The van der Waals surface area contributed by atoms with Crippen molar-refractivity contribution in [3.63, 3.8) is 0 Å². The van der Waals surface area contributed by atoms with Crippen molar-refractivity contribution in [2.45, 2.75) is 106 Å². The number of aliphatic hydroxyl groups excluding tert-OH is 8. The zero-order valence-electron chi connectivity index (χ0n) is 28.8. The highest BCUT2D eigenvalue weighted by molar-refractivity contribution is 5.88. The summed E-state index contributed by atoms with van der Waals surface area (Å²) in [7, 11) is 1.26. The Morgan fingerprint density at radius 3 is 1.96 bits per heavy atom. The van der Waals surface area contributed by atoms with E-state index in [0.717, 1.165) is 12.1 Å². The minimum atomic E-state index is -2.06. The van der Waals surface area contributed by atoms with E-state index in [1.54, 1.807) is 0 Å². The summed E-state index contributed by atoms with van der Waals surface area (Å²) < 4.78 is 45.3. The first-order valence-electron chi connectivity index (χ1n) is 16.8. The molecule has 298 valence electrons. The lowest BCUT2D eigenvalue weighted by molar-refractivity contribution is -0.355. The summed E-state index contributed by atoms with van der Waals surface area (Å²) in [5.74, 6) is -2.59. The molecule has 3 aliphatic heterocycles. The van der Waals surface area contributed by atoms with Crippen LogP contribution in [0.2, 0.25) is 0 Å². The number of aromatic hydroxyl groups is 3. The van der Waals surface area contributed by atoms with E-state index in [-0.39, 0.29) is 28.4 Å². The van der Waals surface area contributed by atoms with Crippen LogP contribution >= 0.6 is 0 Å². The van der Waals surface area contributed by atoms with Gasteiger partial charge in [0, 0.05) is 17.7 Å². The summed E-state index contributed by atoms with van der Waals surface area (Å²) >= 11 is 0. The maximum Gasteiger partial charge on any atom is 0.239 e. The fraction of sp³-hybridized carbons (Fsp3) is 0.559. The van der Waals surface area contributed by atoms with E-state index in [0.29, 0.717) is 0 Å². The first-order valence-corrected chi connectivity index (χ1v) is 16.8. The molecule has 20 heteroatoms. The topological polar surface area (TPSA) is 317 Å². The molecule has 3 saturated heterocycles. The standard InChI is InChI=1S/C34H42O20/c1-10-20(38)24(42)26(44)32(49-10)48-9-18-22(40)30(53-33-27(45)25(43)21(39)11(2)50-33)28(46)34(52-18)54-31-23(41)19-15(37)7-13(35)8-17(19)51-29(31)12-4-5-14(36)16(6-12)47-3/h4-8,10-11,18,20-22,24-28,30,32-40,42-46H,9H2,1-3H3. The van der Waals surface area contributed by atoms with Crippen LogP contribution in [-0.4, -0.2) is 162 Å². The van der Waals surface area contributed by atoms with Crippen LogP contribution in [0.1, 0.15) is 13.8 Å². The summed E-state index contributed by atoms with van der Waals surface area (Å²) in [6, 6.07) is 5.70. The molecule has 20 nitrogen and oxygen atoms in total. The molecule has 0 aliphatic carbocycles. The third-order valence-electron chi connectivity index (χ3n) is 9.57. The highest BCUT2D eigenvalue weighted by Gasteiger charge is 2.52. The molecule has 54 heavy (non-hydrogen) atoms. The van der Waals surface area contributed by atoms with Gasteiger partial charge in [-0.2, -0.15) is 0 Å². The smallest absolute Gasteiger partial charge is 0.239 e. The minimum absolute atomic E-state index is 0.0538. The number of phenols is 3. The molecular formula is C34H42O20. The molecule has 1 aromatic heterocycles. The van der Waals surface area contributed by atoms with Gasteiger partial charge in [0.2, 0.25) is 17.5 Å². The van der Waals surface area contributed by atoms with Crippen LogP contribution in [0.5, 0.6) is 28.7 Å². The van der Waals surface area contributed by atoms with E-state index in [1.807, 2.05) is 0 Å². The highest BCUT2D eigenvalue weighted by atomic mass is 16.7. The predicted octanol–water partition coefficient (Wildman–Crippen LogP) is -2.53. The number of ether oxygens (including phenoxy) is 7. The number of benzene rings is 2. The van der Waals surface area contributed by atoms with Crippen LogP contribution in [0.3, 0.4) is 0 Å². The predicted molar refractivity (Wildman–Crippen MR) is 176 cm³/mol. The van der Waals surface area contributed by atoms with Crippen molar-refractivity contribution < 1.29 is 93.7 Å². The molecule has 4 heterocycles. The third kappa shape index (κ3) is 7.41. The molecule has 0 radical (unpaired) electrons. The fourth-order valence-corrected chi connectivity index (χ4v) is 6.42. The second-order valence-electron chi connectivity index (χ2n) is 13.3. The van der Waals surface area contributed by atoms with Crippen molar-refractivity contribution in [2.24, 2.45) is 0 Å². The van der Waals surface area contributed by atoms with Crippen LogP contribution in [0.25, 0.3) is 22.3 Å². The zero-order valence-corrected chi connectivity index (χ0v) is 28.8. The average molecular weight is 771 g/mol. The van der Waals surface area contributed by atoms with E-state index < -0.39 is 127 Å². The van der Waals surface area contributed by atoms with Crippen molar-refractivity contribution in [2.75, 3.05) is 13.7 Å². The van der Waals surface area contributed by atoms with E-state index >= 15 is 0 Å². The largest absolute Gasteiger partial charge is 0.508 e. The van der Waals surface area contributed by atoms with Crippen molar-refractivity contribution in [3.8, 4) is 40.1 Å². The lowest BCUT2D eigenvalue weighted by Crippen LogP contribution is -2.65. The molecule has 0 spiro atoms. The Bertz CT molecular complexity index is 1850. The Morgan fingerprint density at radius 1 is 0.685 bits per heavy atom. The van der Waals surface area contributed by atoms with Crippen LogP contribution in [0.4, 0.5) is 0 Å². The molecule has 15 unspecified atom stereocenters. The number of rotatable bonds is 9. The Labute approximate surface area is 305 Å². The third-order valence-corrected chi connectivity index (χ3v) is 9.57. The molecule has 15 atom stereocenters. The number of hydrogen-bond acceptors (Lipinski definition) is 20. The van der Waals surface area contributed by atoms with Crippen LogP contribution in [0.15, 0.2) is 39.5 Å². The van der Waals surface area contributed by atoms with E-state index in [1.165, 1.54) is 39.2 Å². The molecular weight excluding hydrogens is 728 g/mol. The van der Waals surface area contributed by atoms with Crippen molar-refractivity contribution in [1.82, 2.24) is 0 Å². The minimum Gasteiger partial charge on any atom is -0.508 e. The van der Waals surface area contributed by atoms with E-state index in [9.17, 15) is 61.0 Å². The Morgan fingerprint density at radius 2 is 1.31 bits per heavy atom. The quantitative estimate of drug-likeness (QED) is 0.107. The van der Waals surface area contributed by atoms with Crippen LogP contribution in [-0.2, 0) is 23.7 Å². The van der Waals surface area contributed by atoms with Gasteiger partial charge < -0.3 is 93.7 Å². The number of methoxy groups -OCH3 is 1. The molecule has 11 N–H and O–H groups in total. The molecule has 6 rings (SSSR count). The van der Waals surface area contributed by atoms with Crippen LogP contribution in [0, 0.1) is 0 Å². The summed E-state index contributed by atoms with van der Waals surface area (Å²) in [5.41, 5.74) is -1.29. The first kappa shape index (κ1) is 39.8. The van der Waals surface area contributed by atoms with Gasteiger partial charge in [0.1, 0.15) is 83.5 Å². The second-order valence-corrected chi connectivity index (χ2v) is 13.3. The van der Waals surface area contributed by atoms with Crippen molar-refractivity contribution in [1.29, 1.82) is 0 Å². The molecule has 0 bridgehead atoms. The lowest BCUT2D eigenvalue weighted by atomic mass is 9.97. The van der Waals surface area contributed by atoms with Gasteiger partial charge in [-0.3, -0.25) is 4.79 Å². The molecule has 0 saturated carbocycles. The van der Waals surface area contributed by atoms with Gasteiger partial charge in [0.05, 0.1) is 25.9 Å². The van der Waals surface area contributed by atoms with Gasteiger partial charge in [-0.1, -0.05) is 0 Å². The SMILES string of the molecule is COc1cc(-c2oc3cc(O)cc(O)c3c(=O)c2OC2OC(COC3OC(C)C(O)C(O)C3O)C(O)C(OC3OC(C)C(O)C(O)C3O)C2O)ccc1O. The molecule has 3 aromatic rings. The summed E-state index contributed by atoms with van der Waals surface area (Å²) in [6.07, 6.45) is -24.9. The molecule has 2 aromatic carbocycles. The van der Waals surface area contributed by atoms with Gasteiger partial charge >= 0.3 is 0 Å². The Hall–Kier alpha value is -3.87. The number of hydrogen-bond donors (Lipinski definition) is 11. The van der Waals surface area contributed by atoms with Crippen molar-refractivity contribution in [3.05, 3.63) is 40.6 Å². The summed E-state index contributed by atoms with van der Waals surface area (Å²) in [4.78, 5) is 14.1. The normalized spacial score (nSPS) is 37.3. The van der Waals surface area contributed by atoms with Gasteiger partial charge in [0.25, 0.3) is 0 Å². The highest BCUT2D eigenvalue weighted by Crippen LogP contribution is 2.40. The van der Waals surface area contributed by atoms with Gasteiger partial charge in [0.15, 0.2) is 29.8 Å². The van der Waals surface area contributed by atoms with Gasteiger partial charge in [-0.25, -0.2) is 0 Å². The number of fused-ring (bicyclic) bond motifs is 1. The average Bonchev–Trinajstić information content (AvgIpc) is 3.13. The monoisotopic (exact) mass is 770 g/mol. The van der Waals surface area contributed by atoms with Gasteiger partial charge in [-0.05, 0) is 32.0 Å². The molecule has 3 fully saturated rings. The summed E-state index contributed by atoms with van der Waals surface area (Å²) in [5, 5.41) is 116. The van der Waals surface area contributed by atoms with Gasteiger partial charge in [-0.15, -0.1) is 0 Å². The van der Waals surface area contributed by atoms with Crippen LogP contribution < -0.4 is 14.9 Å². The van der Waals surface area contributed by atoms with Crippen molar-refractivity contribution >= 4 is 11.0 Å². The first-order chi connectivity index (χ1) is 25.5. The lowest BCUT2D eigenvalue weighted by Gasteiger charge is -2.46. The Kier molecular flexibility index (Phi) is 11.6. The second kappa shape index (κ2) is 15.7. The number of aliphatic hydroxyl groups is 8. The molecule has 0 amide bonds. The summed E-state index contributed by atoms with van der Waals surface area (Å²) in [6.45, 7) is 2.08. The zero-order chi connectivity index (χ0) is 39.3. The number of phenolic OH excluding ortho intramolecular Hbond substituents is 3. The molecule has 3 aliphatic rings. The maximum absolute atomic E-state index is 14.1.